The lowest BCUT2D eigenvalue weighted by Crippen LogP contribution is -2.59. The van der Waals surface area contributed by atoms with Gasteiger partial charge in [-0.05, 0) is 30.4 Å². The summed E-state index contributed by atoms with van der Waals surface area (Å²) >= 11 is 0. The predicted molar refractivity (Wildman–Crippen MR) is 123 cm³/mol. The molecule has 2 heterocycles. The Bertz CT molecular complexity index is 1320. The van der Waals surface area contributed by atoms with E-state index in [9.17, 15) is 27.3 Å². The number of nitrogens with one attached hydrogen (secondary N) is 1. The van der Waals surface area contributed by atoms with E-state index in [2.05, 4.69) is 4.72 Å². The van der Waals surface area contributed by atoms with Gasteiger partial charge in [0.05, 0.1) is 12.6 Å². The first-order chi connectivity index (χ1) is 17.1. The zero-order chi connectivity index (χ0) is 25.7. The van der Waals surface area contributed by atoms with E-state index in [0.717, 1.165) is 0 Å². The fourth-order valence-corrected chi connectivity index (χ4v) is 6.17. The summed E-state index contributed by atoms with van der Waals surface area (Å²) < 4.78 is 74.1. The second-order valence-corrected chi connectivity index (χ2v) is 11.3. The second kappa shape index (κ2) is 8.87. The van der Waals surface area contributed by atoms with Crippen LogP contribution in [-0.2, 0) is 26.0 Å². The predicted octanol–water partition coefficient (Wildman–Crippen LogP) is 3.22. The number of carbonyl (C=O) groups excluding carboxylic acids is 1. The van der Waals surface area contributed by atoms with Crippen LogP contribution in [0.5, 0.6) is 0 Å². The van der Waals surface area contributed by atoms with Crippen molar-refractivity contribution in [3.63, 3.8) is 0 Å². The van der Waals surface area contributed by atoms with Crippen LogP contribution in [0.25, 0.3) is 11.1 Å². The summed E-state index contributed by atoms with van der Waals surface area (Å²) in [6, 6.07) is 13.5. The van der Waals surface area contributed by atoms with Crippen molar-refractivity contribution in [2.75, 3.05) is 13.2 Å². The first-order valence-corrected chi connectivity index (χ1v) is 13.2. The highest BCUT2D eigenvalue weighted by molar-refractivity contribution is 7.89. The molecule has 2 aliphatic heterocycles. The summed E-state index contributed by atoms with van der Waals surface area (Å²) in [5.74, 6) is -4.85. The molecule has 0 radical (unpaired) electrons. The third-order valence-corrected chi connectivity index (χ3v) is 8.58. The standard InChI is InChI=1S/C25H24F3N3O4S/c26-20-17(7-4-8-18(20)16-5-2-1-3-6-16)13-19-21(30-36(33,34)23(27)28)24(9-10-24)15-31(19)22(32)25(14-29)11-12-35-25/h1-8,19,21,23,30H,9-13,15H2/t19-,21+,25-/m0/s1. The average Bonchev–Trinajstić information content (AvgIpc) is 3.55. The SMILES string of the molecule is N#C[C@]1(C(=O)N2CC3(CC3)[C@H](NS(=O)(=O)C(F)F)[C@@H]2Cc2cccc(-c3ccccc3)c2F)CCO1. The number of hydrogen-bond acceptors (Lipinski definition) is 5. The number of hydrogen-bond donors (Lipinski definition) is 1. The van der Waals surface area contributed by atoms with Gasteiger partial charge in [0.25, 0.3) is 15.9 Å². The van der Waals surface area contributed by atoms with Crippen molar-refractivity contribution < 1.29 is 31.1 Å². The molecule has 1 spiro atoms. The Morgan fingerprint density at radius 3 is 2.42 bits per heavy atom. The summed E-state index contributed by atoms with van der Waals surface area (Å²) in [5, 5.41) is 9.63. The summed E-state index contributed by atoms with van der Waals surface area (Å²) in [6.07, 6.45) is 1.06. The molecule has 1 saturated carbocycles. The van der Waals surface area contributed by atoms with Gasteiger partial charge < -0.3 is 9.64 Å². The Morgan fingerprint density at radius 2 is 1.86 bits per heavy atom. The normalized spacial score (nSPS) is 26.6. The number of nitriles is 1. The molecule has 1 aliphatic carbocycles. The number of rotatable bonds is 7. The van der Waals surface area contributed by atoms with Crippen LogP contribution >= 0.6 is 0 Å². The molecule has 2 aromatic carbocycles. The highest BCUT2D eigenvalue weighted by Gasteiger charge is 2.64. The van der Waals surface area contributed by atoms with Crippen molar-refractivity contribution in [2.24, 2.45) is 5.41 Å². The van der Waals surface area contributed by atoms with Gasteiger partial charge in [0.1, 0.15) is 11.9 Å². The van der Waals surface area contributed by atoms with Crippen molar-refractivity contribution in [1.82, 2.24) is 9.62 Å². The molecule has 3 fully saturated rings. The molecule has 2 aromatic rings. The third kappa shape index (κ3) is 4.07. The summed E-state index contributed by atoms with van der Waals surface area (Å²) in [5.41, 5.74) is -1.29. The van der Waals surface area contributed by atoms with E-state index in [1.807, 2.05) is 6.07 Å². The molecule has 36 heavy (non-hydrogen) atoms. The zero-order valence-corrected chi connectivity index (χ0v) is 20.0. The first-order valence-electron chi connectivity index (χ1n) is 11.6. The van der Waals surface area contributed by atoms with Crippen molar-refractivity contribution >= 4 is 15.9 Å². The minimum absolute atomic E-state index is 0.0692. The van der Waals surface area contributed by atoms with Crippen molar-refractivity contribution in [2.45, 2.75) is 49.1 Å². The quantitative estimate of drug-likeness (QED) is 0.606. The number of sulfonamides is 1. The lowest BCUT2D eigenvalue weighted by atomic mass is 9.90. The maximum absolute atomic E-state index is 15.7. The van der Waals surface area contributed by atoms with E-state index in [0.29, 0.717) is 24.0 Å². The molecular weight excluding hydrogens is 495 g/mol. The van der Waals surface area contributed by atoms with Gasteiger partial charge in [-0.15, -0.1) is 0 Å². The lowest BCUT2D eigenvalue weighted by Gasteiger charge is -2.39. The van der Waals surface area contributed by atoms with Gasteiger partial charge in [0.15, 0.2) is 0 Å². The van der Waals surface area contributed by atoms with Gasteiger partial charge in [0.2, 0.25) is 5.60 Å². The number of benzene rings is 2. The first kappa shape index (κ1) is 24.7. The molecule has 190 valence electrons. The van der Waals surface area contributed by atoms with Crippen LogP contribution in [-0.4, -0.2) is 55.8 Å². The Morgan fingerprint density at radius 1 is 1.17 bits per heavy atom. The van der Waals surface area contributed by atoms with E-state index in [4.69, 9.17) is 4.74 Å². The molecule has 0 aromatic heterocycles. The van der Waals surface area contributed by atoms with E-state index < -0.39 is 50.6 Å². The molecule has 1 amide bonds. The fourth-order valence-electron chi connectivity index (χ4n) is 5.30. The maximum atomic E-state index is 15.7. The molecule has 3 aliphatic rings. The zero-order valence-electron chi connectivity index (χ0n) is 19.2. The minimum Gasteiger partial charge on any atom is -0.352 e. The van der Waals surface area contributed by atoms with Gasteiger partial charge in [-0.1, -0.05) is 48.5 Å². The molecule has 11 heteroatoms. The Hall–Kier alpha value is -2.94. The smallest absolute Gasteiger partial charge is 0.350 e. The van der Waals surface area contributed by atoms with Gasteiger partial charge in [-0.25, -0.2) is 17.5 Å². The molecule has 7 nitrogen and oxygen atoms in total. The number of nitrogens with zero attached hydrogens (tertiary/aromatic N) is 2. The molecule has 1 N–H and O–H groups in total. The Balaban J connectivity index is 1.54. The second-order valence-electron chi connectivity index (χ2n) is 9.65. The van der Waals surface area contributed by atoms with Crippen LogP contribution in [0.15, 0.2) is 48.5 Å². The largest absolute Gasteiger partial charge is 0.352 e. The van der Waals surface area contributed by atoms with Crippen LogP contribution in [0.2, 0.25) is 0 Å². The van der Waals surface area contributed by atoms with E-state index in [1.54, 1.807) is 42.5 Å². The summed E-state index contributed by atoms with van der Waals surface area (Å²) in [7, 11) is -4.99. The van der Waals surface area contributed by atoms with Gasteiger partial charge in [-0.3, -0.25) is 4.79 Å². The number of halogens is 3. The molecular formula is C25H24F3N3O4S. The Kier molecular flexibility index (Phi) is 6.09. The van der Waals surface area contributed by atoms with E-state index in [-0.39, 0.29) is 31.6 Å². The van der Waals surface area contributed by atoms with Crippen LogP contribution in [0.4, 0.5) is 13.2 Å². The average molecular weight is 520 g/mol. The highest BCUT2D eigenvalue weighted by Crippen LogP contribution is 2.56. The maximum Gasteiger partial charge on any atom is 0.350 e. The minimum atomic E-state index is -4.99. The van der Waals surface area contributed by atoms with Crippen molar-refractivity contribution in [3.8, 4) is 17.2 Å². The van der Waals surface area contributed by atoms with Crippen LogP contribution < -0.4 is 4.72 Å². The van der Waals surface area contributed by atoms with Crippen LogP contribution in [0, 0.1) is 22.6 Å². The summed E-state index contributed by atoms with van der Waals surface area (Å²) in [4.78, 5) is 14.8. The number of likely N-dealkylation sites (tertiary alicyclic amines) is 1. The van der Waals surface area contributed by atoms with E-state index in [1.165, 1.54) is 11.0 Å². The van der Waals surface area contributed by atoms with Crippen LogP contribution in [0.3, 0.4) is 0 Å². The number of carbonyl (C=O) groups is 1. The van der Waals surface area contributed by atoms with E-state index >= 15 is 4.39 Å². The Labute approximate surface area is 206 Å². The molecule has 5 rings (SSSR count). The topological polar surface area (TPSA) is 99.5 Å². The van der Waals surface area contributed by atoms with Crippen molar-refractivity contribution in [1.29, 1.82) is 5.26 Å². The summed E-state index contributed by atoms with van der Waals surface area (Å²) in [6.45, 7) is 0.290. The molecule has 2 saturated heterocycles. The number of alkyl halides is 2. The van der Waals surface area contributed by atoms with Gasteiger partial charge in [0, 0.05) is 30.0 Å². The number of ether oxygens (including phenoxy) is 1. The molecule has 0 bridgehead atoms. The molecule has 3 atom stereocenters. The highest BCUT2D eigenvalue weighted by atomic mass is 32.2. The fraction of sp³-hybridized carbons (Fsp3) is 0.440. The van der Waals surface area contributed by atoms with Crippen molar-refractivity contribution in [3.05, 3.63) is 59.9 Å². The van der Waals surface area contributed by atoms with Crippen LogP contribution in [0.1, 0.15) is 24.8 Å². The monoisotopic (exact) mass is 519 g/mol. The number of amides is 1. The van der Waals surface area contributed by atoms with Gasteiger partial charge in [-0.2, -0.15) is 14.0 Å². The lowest BCUT2D eigenvalue weighted by molar-refractivity contribution is -0.172. The third-order valence-electron chi connectivity index (χ3n) is 7.53. The molecule has 0 unspecified atom stereocenters. The van der Waals surface area contributed by atoms with Gasteiger partial charge >= 0.3 is 5.76 Å².